The number of hydrazine groups is 1. The summed E-state index contributed by atoms with van der Waals surface area (Å²) in [4.78, 5) is 8.43. The molecule has 0 saturated carbocycles. The van der Waals surface area contributed by atoms with E-state index in [9.17, 15) is 0 Å². The second-order valence-corrected chi connectivity index (χ2v) is 3.92. The summed E-state index contributed by atoms with van der Waals surface area (Å²) in [6.45, 7) is 1.99. The lowest BCUT2D eigenvalue weighted by molar-refractivity contribution is 0.400. The van der Waals surface area contributed by atoms with Gasteiger partial charge < -0.3 is 4.74 Å². The van der Waals surface area contributed by atoms with E-state index in [1.165, 1.54) is 0 Å². The third kappa shape index (κ3) is 2.32. The molecule has 2 heterocycles. The maximum Gasteiger partial charge on any atom is 0.142 e. The van der Waals surface area contributed by atoms with E-state index >= 15 is 0 Å². The van der Waals surface area contributed by atoms with Crippen LogP contribution < -0.4 is 16.0 Å². The maximum atomic E-state index is 5.66. The summed E-state index contributed by atoms with van der Waals surface area (Å²) in [5.41, 5.74) is 5.62. The summed E-state index contributed by atoms with van der Waals surface area (Å²) in [6.07, 6.45) is 5.26. The number of ether oxygens (including phenoxy) is 1. The van der Waals surface area contributed by atoms with Gasteiger partial charge in [0, 0.05) is 18.6 Å². The number of nitrogens with one attached hydrogen (secondary N) is 1. The van der Waals surface area contributed by atoms with Crippen LogP contribution in [0, 0.1) is 6.92 Å². The van der Waals surface area contributed by atoms with Gasteiger partial charge in [-0.05, 0) is 36.2 Å². The predicted octanol–water partition coefficient (Wildman–Crippen LogP) is 1.35. The molecular formula is C13H16N4O. The van der Waals surface area contributed by atoms with Gasteiger partial charge in [-0.25, -0.2) is 5.43 Å². The van der Waals surface area contributed by atoms with E-state index in [1.54, 1.807) is 25.7 Å². The van der Waals surface area contributed by atoms with E-state index in [4.69, 9.17) is 10.6 Å². The molecule has 2 rings (SSSR count). The van der Waals surface area contributed by atoms with Crippen molar-refractivity contribution in [3.05, 3.63) is 53.6 Å². The molecule has 3 N–H and O–H groups in total. The van der Waals surface area contributed by atoms with Crippen molar-refractivity contribution in [2.75, 3.05) is 7.11 Å². The lowest BCUT2D eigenvalue weighted by atomic mass is 10.0. The first-order chi connectivity index (χ1) is 8.77. The summed E-state index contributed by atoms with van der Waals surface area (Å²) in [5.74, 6) is 6.37. The maximum absolute atomic E-state index is 5.66. The first kappa shape index (κ1) is 12.5. The Bertz CT molecular complexity index is 530. The number of pyridine rings is 2. The van der Waals surface area contributed by atoms with Gasteiger partial charge in [-0.2, -0.15) is 0 Å². The summed E-state index contributed by atoms with van der Waals surface area (Å²) in [7, 11) is 1.62. The van der Waals surface area contributed by atoms with Crippen LogP contribution in [0.1, 0.15) is 22.9 Å². The highest BCUT2D eigenvalue weighted by Crippen LogP contribution is 2.28. The van der Waals surface area contributed by atoms with Gasteiger partial charge in [0.15, 0.2) is 0 Å². The van der Waals surface area contributed by atoms with Gasteiger partial charge in [0.05, 0.1) is 13.2 Å². The molecule has 1 unspecified atom stereocenters. The molecule has 1 atom stereocenters. The largest absolute Gasteiger partial charge is 0.495 e. The number of methoxy groups -OCH3 is 1. The van der Waals surface area contributed by atoms with Crippen molar-refractivity contribution in [1.29, 1.82) is 0 Å². The molecule has 2 aromatic heterocycles. The number of nitrogens with two attached hydrogens (primary N) is 1. The molecule has 0 aliphatic rings. The van der Waals surface area contributed by atoms with Gasteiger partial charge in [-0.15, -0.1) is 0 Å². The summed E-state index contributed by atoms with van der Waals surface area (Å²) in [5, 5.41) is 0. The molecule has 94 valence electrons. The third-order valence-corrected chi connectivity index (χ3v) is 2.83. The fraction of sp³-hybridized carbons (Fsp3) is 0.231. The van der Waals surface area contributed by atoms with E-state index in [0.29, 0.717) is 5.75 Å². The minimum absolute atomic E-state index is 0.218. The summed E-state index contributed by atoms with van der Waals surface area (Å²) < 4.78 is 5.32. The number of aryl methyl sites for hydroxylation is 1. The fourth-order valence-electron chi connectivity index (χ4n) is 1.92. The molecular weight excluding hydrogens is 228 g/mol. The minimum atomic E-state index is -0.218. The number of hydrogen-bond acceptors (Lipinski definition) is 5. The van der Waals surface area contributed by atoms with Crippen LogP contribution in [0.5, 0.6) is 5.75 Å². The van der Waals surface area contributed by atoms with Crippen LogP contribution >= 0.6 is 0 Å². The first-order valence-corrected chi connectivity index (χ1v) is 5.63. The van der Waals surface area contributed by atoms with Gasteiger partial charge in [0.2, 0.25) is 0 Å². The van der Waals surface area contributed by atoms with Gasteiger partial charge >= 0.3 is 0 Å². The molecule has 0 bridgehead atoms. The molecule has 5 heteroatoms. The van der Waals surface area contributed by atoms with Crippen molar-refractivity contribution >= 4 is 0 Å². The molecule has 0 amide bonds. The molecule has 0 aromatic carbocycles. The molecule has 5 nitrogen and oxygen atoms in total. The van der Waals surface area contributed by atoms with Crippen molar-refractivity contribution < 1.29 is 4.74 Å². The monoisotopic (exact) mass is 244 g/mol. The second kappa shape index (κ2) is 5.57. The smallest absolute Gasteiger partial charge is 0.142 e. The Hall–Kier alpha value is -1.98. The van der Waals surface area contributed by atoms with E-state index in [1.807, 2.05) is 25.1 Å². The van der Waals surface area contributed by atoms with Crippen molar-refractivity contribution in [3.8, 4) is 5.75 Å². The SMILES string of the molecule is COc1cccnc1C(NN)c1ccncc1C. The zero-order valence-corrected chi connectivity index (χ0v) is 10.4. The fourth-order valence-corrected chi connectivity index (χ4v) is 1.92. The van der Waals surface area contributed by atoms with Gasteiger partial charge in [0.1, 0.15) is 11.4 Å². The highest BCUT2D eigenvalue weighted by molar-refractivity contribution is 5.38. The van der Waals surface area contributed by atoms with Crippen LogP contribution in [0.4, 0.5) is 0 Å². The van der Waals surface area contributed by atoms with E-state index in [0.717, 1.165) is 16.8 Å². The number of rotatable bonds is 4. The zero-order chi connectivity index (χ0) is 13.0. The van der Waals surface area contributed by atoms with Crippen LogP contribution in [0.25, 0.3) is 0 Å². The van der Waals surface area contributed by atoms with Crippen LogP contribution in [-0.4, -0.2) is 17.1 Å². The molecule has 2 aromatic rings. The van der Waals surface area contributed by atoms with E-state index in [2.05, 4.69) is 15.4 Å². The van der Waals surface area contributed by atoms with Gasteiger partial charge in [0.25, 0.3) is 0 Å². The number of nitrogens with zero attached hydrogens (tertiary/aromatic N) is 2. The molecule has 0 spiro atoms. The standard InChI is InChI=1S/C13H16N4O/c1-9-8-15-7-5-10(9)12(17-14)13-11(18-2)4-3-6-16-13/h3-8,12,17H,14H2,1-2H3. The van der Waals surface area contributed by atoms with Crippen molar-refractivity contribution in [3.63, 3.8) is 0 Å². The van der Waals surface area contributed by atoms with Crippen LogP contribution in [0.15, 0.2) is 36.8 Å². The Morgan fingerprint density at radius 3 is 2.83 bits per heavy atom. The quantitative estimate of drug-likeness (QED) is 0.627. The van der Waals surface area contributed by atoms with Gasteiger partial charge in [-0.3, -0.25) is 15.8 Å². The summed E-state index contributed by atoms with van der Waals surface area (Å²) >= 11 is 0. The number of aromatic nitrogens is 2. The van der Waals surface area contributed by atoms with Gasteiger partial charge in [-0.1, -0.05) is 0 Å². The Morgan fingerprint density at radius 2 is 2.17 bits per heavy atom. The van der Waals surface area contributed by atoms with Crippen molar-refractivity contribution in [2.45, 2.75) is 13.0 Å². The Kier molecular flexibility index (Phi) is 3.86. The van der Waals surface area contributed by atoms with Crippen molar-refractivity contribution in [1.82, 2.24) is 15.4 Å². The molecule has 0 aliphatic carbocycles. The van der Waals surface area contributed by atoms with E-state index in [-0.39, 0.29) is 6.04 Å². The van der Waals surface area contributed by atoms with Crippen molar-refractivity contribution in [2.24, 2.45) is 5.84 Å². The van der Waals surface area contributed by atoms with Crippen LogP contribution in [0.3, 0.4) is 0 Å². The average molecular weight is 244 g/mol. The highest BCUT2D eigenvalue weighted by atomic mass is 16.5. The Labute approximate surface area is 106 Å². The lowest BCUT2D eigenvalue weighted by Gasteiger charge is -2.19. The molecule has 18 heavy (non-hydrogen) atoms. The van der Waals surface area contributed by atoms with Crippen LogP contribution in [-0.2, 0) is 0 Å². The normalized spacial score (nSPS) is 12.2. The molecule has 0 radical (unpaired) electrons. The summed E-state index contributed by atoms with van der Waals surface area (Å²) in [6, 6.07) is 5.40. The Balaban J connectivity index is 2.49. The van der Waals surface area contributed by atoms with Crippen LogP contribution in [0.2, 0.25) is 0 Å². The number of hydrogen-bond donors (Lipinski definition) is 2. The Morgan fingerprint density at radius 1 is 1.33 bits per heavy atom. The lowest BCUT2D eigenvalue weighted by Crippen LogP contribution is -2.30. The molecule has 0 saturated heterocycles. The zero-order valence-electron chi connectivity index (χ0n) is 10.4. The third-order valence-electron chi connectivity index (χ3n) is 2.83. The first-order valence-electron chi connectivity index (χ1n) is 5.63. The predicted molar refractivity (Wildman–Crippen MR) is 68.9 cm³/mol. The average Bonchev–Trinajstić information content (AvgIpc) is 2.42. The second-order valence-electron chi connectivity index (χ2n) is 3.92. The molecule has 0 aliphatic heterocycles. The molecule has 0 fully saturated rings. The topological polar surface area (TPSA) is 73.1 Å². The highest BCUT2D eigenvalue weighted by Gasteiger charge is 2.19. The van der Waals surface area contributed by atoms with E-state index < -0.39 is 0 Å². The minimum Gasteiger partial charge on any atom is -0.495 e.